The number of halogens is 1. The fraction of sp³-hybridized carbons (Fsp3) is 0.600. The van der Waals surface area contributed by atoms with Gasteiger partial charge in [-0.2, -0.15) is 0 Å². The Balaban J connectivity index is 2.56. The minimum atomic E-state index is -0.226. The van der Waals surface area contributed by atoms with E-state index in [-0.39, 0.29) is 17.9 Å². The van der Waals surface area contributed by atoms with Crippen LogP contribution in [0.15, 0.2) is 10.6 Å². The monoisotopic (exact) mass is 230 g/mol. The van der Waals surface area contributed by atoms with Crippen LogP contribution in [0.1, 0.15) is 30.1 Å². The van der Waals surface area contributed by atoms with Gasteiger partial charge in [-0.3, -0.25) is 4.79 Å². The van der Waals surface area contributed by atoms with E-state index in [1.807, 2.05) is 13.8 Å². The summed E-state index contributed by atoms with van der Waals surface area (Å²) in [7, 11) is 0. The lowest BCUT2D eigenvalue weighted by Gasteiger charge is -2.18. The molecule has 0 radical (unpaired) electrons. The zero-order valence-electron chi connectivity index (χ0n) is 9.08. The molecule has 1 heterocycles. The standard InChI is InChI=1S/C10H15ClN2O2/c1-6(5-11)8(3)12-10(14)9-4-7(2)15-13-9/h4,6,8H,5H2,1-3H3,(H,12,14). The van der Waals surface area contributed by atoms with E-state index in [0.29, 0.717) is 17.3 Å². The molecule has 0 spiro atoms. The summed E-state index contributed by atoms with van der Waals surface area (Å²) in [6.07, 6.45) is 0. The Morgan fingerprint density at radius 3 is 2.80 bits per heavy atom. The first-order valence-corrected chi connectivity index (χ1v) is 5.38. The Kier molecular flexibility index (Phi) is 4.15. The summed E-state index contributed by atoms with van der Waals surface area (Å²) in [4.78, 5) is 11.6. The third-order valence-electron chi connectivity index (χ3n) is 2.32. The molecular weight excluding hydrogens is 216 g/mol. The van der Waals surface area contributed by atoms with Crippen LogP contribution in [-0.2, 0) is 0 Å². The van der Waals surface area contributed by atoms with Crippen molar-refractivity contribution in [1.82, 2.24) is 10.5 Å². The highest BCUT2D eigenvalue weighted by molar-refractivity contribution is 6.18. The molecule has 0 fully saturated rings. The SMILES string of the molecule is Cc1cc(C(=O)NC(C)C(C)CCl)no1. The molecule has 1 rings (SSSR count). The van der Waals surface area contributed by atoms with Gasteiger partial charge in [0.05, 0.1) is 0 Å². The predicted octanol–water partition coefficient (Wildman–Crippen LogP) is 1.98. The number of hydrogen-bond acceptors (Lipinski definition) is 3. The maximum Gasteiger partial charge on any atom is 0.273 e. The smallest absolute Gasteiger partial charge is 0.273 e. The fourth-order valence-corrected chi connectivity index (χ4v) is 1.30. The van der Waals surface area contributed by atoms with Crippen LogP contribution in [0, 0.1) is 12.8 Å². The largest absolute Gasteiger partial charge is 0.361 e. The Morgan fingerprint density at radius 1 is 1.67 bits per heavy atom. The predicted molar refractivity (Wildman–Crippen MR) is 58.1 cm³/mol. The van der Waals surface area contributed by atoms with Crippen LogP contribution in [0.3, 0.4) is 0 Å². The number of carbonyl (C=O) groups excluding carboxylic acids is 1. The van der Waals surface area contributed by atoms with Gasteiger partial charge in [-0.15, -0.1) is 11.6 Å². The van der Waals surface area contributed by atoms with Gasteiger partial charge in [0.25, 0.3) is 5.91 Å². The van der Waals surface area contributed by atoms with Gasteiger partial charge in [0.2, 0.25) is 0 Å². The van der Waals surface area contributed by atoms with Crippen molar-refractivity contribution in [2.45, 2.75) is 26.8 Å². The molecule has 0 bridgehead atoms. The lowest BCUT2D eigenvalue weighted by molar-refractivity contribution is 0.0921. The molecule has 0 saturated carbocycles. The molecule has 2 unspecified atom stereocenters. The number of hydrogen-bond donors (Lipinski definition) is 1. The highest BCUT2D eigenvalue weighted by Gasteiger charge is 2.17. The summed E-state index contributed by atoms with van der Waals surface area (Å²) < 4.78 is 4.82. The number of aryl methyl sites for hydroxylation is 1. The van der Waals surface area contributed by atoms with Crippen molar-refractivity contribution in [3.8, 4) is 0 Å². The van der Waals surface area contributed by atoms with Crippen LogP contribution in [0.25, 0.3) is 0 Å². The summed E-state index contributed by atoms with van der Waals surface area (Å²) in [5, 5.41) is 6.45. The molecule has 1 amide bonds. The molecule has 1 aromatic heterocycles. The molecule has 0 aliphatic rings. The summed E-state index contributed by atoms with van der Waals surface area (Å²) in [5.41, 5.74) is 0.307. The molecule has 4 nitrogen and oxygen atoms in total. The van der Waals surface area contributed by atoms with Crippen molar-refractivity contribution >= 4 is 17.5 Å². The van der Waals surface area contributed by atoms with Gasteiger partial charge in [-0.05, 0) is 19.8 Å². The second-order valence-corrected chi connectivity index (χ2v) is 4.03. The summed E-state index contributed by atoms with van der Waals surface area (Å²) in [6, 6.07) is 1.62. The summed E-state index contributed by atoms with van der Waals surface area (Å²) in [5.74, 6) is 1.14. The molecule has 2 atom stereocenters. The van der Waals surface area contributed by atoms with E-state index in [2.05, 4.69) is 10.5 Å². The van der Waals surface area contributed by atoms with Gasteiger partial charge >= 0.3 is 0 Å². The molecule has 0 aliphatic carbocycles. The molecule has 1 aromatic rings. The second kappa shape index (κ2) is 5.16. The fourth-order valence-electron chi connectivity index (χ4n) is 1.03. The van der Waals surface area contributed by atoms with E-state index in [1.165, 1.54) is 0 Å². The number of nitrogens with zero attached hydrogens (tertiary/aromatic N) is 1. The van der Waals surface area contributed by atoms with E-state index < -0.39 is 0 Å². The first-order chi connectivity index (χ1) is 7.04. The third-order valence-corrected chi connectivity index (χ3v) is 2.80. The lowest BCUT2D eigenvalue weighted by Crippen LogP contribution is -2.37. The van der Waals surface area contributed by atoms with E-state index in [4.69, 9.17) is 16.1 Å². The van der Waals surface area contributed by atoms with Crippen molar-refractivity contribution in [3.05, 3.63) is 17.5 Å². The molecule has 5 heteroatoms. The van der Waals surface area contributed by atoms with Crippen LogP contribution >= 0.6 is 11.6 Å². The minimum absolute atomic E-state index is 0.0204. The minimum Gasteiger partial charge on any atom is -0.361 e. The Labute approximate surface area is 94.0 Å². The molecule has 0 aliphatic heterocycles. The van der Waals surface area contributed by atoms with E-state index >= 15 is 0 Å². The van der Waals surface area contributed by atoms with Crippen LogP contribution < -0.4 is 5.32 Å². The zero-order chi connectivity index (χ0) is 11.4. The highest BCUT2D eigenvalue weighted by atomic mass is 35.5. The van der Waals surface area contributed by atoms with E-state index in [1.54, 1.807) is 13.0 Å². The van der Waals surface area contributed by atoms with Crippen LogP contribution in [0.2, 0.25) is 0 Å². The van der Waals surface area contributed by atoms with Gasteiger partial charge in [0.15, 0.2) is 5.69 Å². The van der Waals surface area contributed by atoms with Crippen molar-refractivity contribution in [1.29, 1.82) is 0 Å². The van der Waals surface area contributed by atoms with Gasteiger partial charge in [-0.1, -0.05) is 12.1 Å². The van der Waals surface area contributed by atoms with Crippen molar-refractivity contribution < 1.29 is 9.32 Å². The van der Waals surface area contributed by atoms with Gasteiger partial charge in [0, 0.05) is 18.0 Å². The number of carbonyl (C=O) groups is 1. The Morgan fingerprint density at radius 2 is 2.33 bits per heavy atom. The maximum absolute atomic E-state index is 11.6. The molecule has 15 heavy (non-hydrogen) atoms. The van der Waals surface area contributed by atoms with Crippen molar-refractivity contribution in [3.63, 3.8) is 0 Å². The van der Waals surface area contributed by atoms with Gasteiger partial charge in [-0.25, -0.2) is 0 Å². The highest BCUT2D eigenvalue weighted by Crippen LogP contribution is 2.07. The number of alkyl halides is 1. The average Bonchev–Trinajstić information content (AvgIpc) is 2.63. The van der Waals surface area contributed by atoms with Gasteiger partial charge < -0.3 is 9.84 Å². The van der Waals surface area contributed by atoms with Gasteiger partial charge in [0.1, 0.15) is 5.76 Å². The second-order valence-electron chi connectivity index (χ2n) is 3.72. The summed E-state index contributed by atoms with van der Waals surface area (Å²) in [6.45, 7) is 5.64. The Bertz CT molecular complexity index is 338. The Hall–Kier alpha value is -1.03. The average molecular weight is 231 g/mol. The molecule has 84 valence electrons. The lowest BCUT2D eigenvalue weighted by atomic mass is 10.1. The number of nitrogens with one attached hydrogen (secondary N) is 1. The topological polar surface area (TPSA) is 55.1 Å². The quantitative estimate of drug-likeness (QED) is 0.805. The zero-order valence-corrected chi connectivity index (χ0v) is 9.84. The van der Waals surface area contributed by atoms with Crippen molar-refractivity contribution in [2.75, 3.05) is 5.88 Å². The molecule has 1 N–H and O–H groups in total. The third kappa shape index (κ3) is 3.23. The van der Waals surface area contributed by atoms with Crippen LogP contribution in [-0.4, -0.2) is 23.0 Å². The molecular formula is C10H15ClN2O2. The van der Waals surface area contributed by atoms with Crippen LogP contribution in [0.5, 0.6) is 0 Å². The molecule has 0 aromatic carbocycles. The van der Waals surface area contributed by atoms with Crippen LogP contribution in [0.4, 0.5) is 0 Å². The van der Waals surface area contributed by atoms with E-state index in [9.17, 15) is 4.79 Å². The normalized spacial score (nSPS) is 14.7. The van der Waals surface area contributed by atoms with Crippen molar-refractivity contribution in [2.24, 2.45) is 5.92 Å². The number of rotatable bonds is 4. The first-order valence-electron chi connectivity index (χ1n) is 4.84. The maximum atomic E-state index is 11.6. The molecule has 0 saturated heterocycles. The number of amides is 1. The summed E-state index contributed by atoms with van der Waals surface area (Å²) >= 11 is 5.69. The number of aromatic nitrogens is 1. The first kappa shape index (κ1) is 12.0. The van der Waals surface area contributed by atoms with E-state index in [0.717, 1.165) is 0 Å².